The molecule has 1 aromatic heterocycles. The minimum Gasteiger partial charge on any atom is -0.385 e. The van der Waals surface area contributed by atoms with Gasteiger partial charge in [-0.15, -0.1) is 0 Å². The van der Waals surface area contributed by atoms with Gasteiger partial charge in [-0.1, -0.05) is 0 Å². The minimum atomic E-state index is -0.141. The summed E-state index contributed by atoms with van der Waals surface area (Å²) in [7, 11) is 0. The molecule has 0 bridgehead atoms. The highest BCUT2D eigenvalue weighted by Crippen LogP contribution is 2.24. The van der Waals surface area contributed by atoms with Gasteiger partial charge in [-0.2, -0.15) is 0 Å². The standard InChI is InChI=1S/C15H14BrN3O/c16-12-4-2-8-18-14(12)19-15(20)11-5-6-13-10(9-11)3-1-7-17-13/h2,4-6,8-9,17H,1,3,7H2,(H,18,19,20). The van der Waals surface area contributed by atoms with Gasteiger partial charge in [0, 0.05) is 24.0 Å². The summed E-state index contributed by atoms with van der Waals surface area (Å²) in [5.41, 5.74) is 2.99. The van der Waals surface area contributed by atoms with Crippen LogP contribution in [0, 0.1) is 0 Å². The van der Waals surface area contributed by atoms with Crippen molar-refractivity contribution in [2.75, 3.05) is 17.2 Å². The van der Waals surface area contributed by atoms with E-state index in [0.29, 0.717) is 11.4 Å². The zero-order chi connectivity index (χ0) is 13.9. The van der Waals surface area contributed by atoms with Crippen LogP contribution in [0.4, 0.5) is 11.5 Å². The molecular weight excluding hydrogens is 318 g/mol. The summed E-state index contributed by atoms with van der Waals surface area (Å²) >= 11 is 3.37. The van der Waals surface area contributed by atoms with Crippen LogP contribution in [0.15, 0.2) is 41.0 Å². The van der Waals surface area contributed by atoms with E-state index in [-0.39, 0.29) is 5.91 Å². The third-order valence-electron chi connectivity index (χ3n) is 3.30. The number of benzene rings is 1. The molecule has 0 fully saturated rings. The summed E-state index contributed by atoms with van der Waals surface area (Å²) in [4.78, 5) is 16.4. The Morgan fingerprint density at radius 3 is 3.10 bits per heavy atom. The lowest BCUT2D eigenvalue weighted by Gasteiger charge is -2.18. The minimum absolute atomic E-state index is 0.141. The second-order valence-electron chi connectivity index (χ2n) is 4.69. The van der Waals surface area contributed by atoms with Crippen molar-refractivity contribution >= 4 is 33.3 Å². The number of aryl methyl sites for hydroxylation is 1. The number of carbonyl (C=O) groups excluding carboxylic acids is 1. The second kappa shape index (κ2) is 5.63. The Balaban J connectivity index is 1.82. The van der Waals surface area contributed by atoms with E-state index in [9.17, 15) is 4.79 Å². The van der Waals surface area contributed by atoms with Crippen LogP contribution >= 0.6 is 15.9 Å². The molecule has 20 heavy (non-hydrogen) atoms. The first-order chi connectivity index (χ1) is 9.74. The van der Waals surface area contributed by atoms with Crippen molar-refractivity contribution < 1.29 is 4.79 Å². The Morgan fingerprint density at radius 2 is 2.25 bits per heavy atom. The fraction of sp³-hybridized carbons (Fsp3) is 0.200. The van der Waals surface area contributed by atoms with Gasteiger partial charge >= 0.3 is 0 Å². The first-order valence-electron chi connectivity index (χ1n) is 6.53. The number of nitrogens with zero attached hydrogens (tertiary/aromatic N) is 1. The summed E-state index contributed by atoms with van der Waals surface area (Å²) in [6.45, 7) is 0.999. The molecule has 2 aromatic rings. The van der Waals surface area contributed by atoms with Crippen molar-refractivity contribution in [2.45, 2.75) is 12.8 Å². The van der Waals surface area contributed by atoms with Crippen molar-refractivity contribution in [3.05, 3.63) is 52.1 Å². The van der Waals surface area contributed by atoms with E-state index in [4.69, 9.17) is 0 Å². The second-order valence-corrected chi connectivity index (χ2v) is 5.54. The molecule has 4 nitrogen and oxygen atoms in total. The van der Waals surface area contributed by atoms with E-state index in [1.807, 2.05) is 30.3 Å². The number of amides is 1. The lowest BCUT2D eigenvalue weighted by atomic mass is 10.0. The molecule has 2 N–H and O–H groups in total. The van der Waals surface area contributed by atoms with Gasteiger partial charge in [0.1, 0.15) is 5.82 Å². The highest BCUT2D eigenvalue weighted by Gasteiger charge is 2.13. The summed E-state index contributed by atoms with van der Waals surface area (Å²) in [5, 5.41) is 6.15. The Kier molecular flexibility index (Phi) is 3.69. The molecule has 0 unspecified atom stereocenters. The fourth-order valence-corrected chi connectivity index (χ4v) is 2.63. The Labute approximate surface area is 125 Å². The van der Waals surface area contributed by atoms with Gasteiger partial charge in [-0.3, -0.25) is 4.79 Å². The summed E-state index contributed by atoms with van der Waals surface area (Å²) in [6.07, 6.45) is 3.76. The SMILES string of the molecule is O=C(Nc1ncccc1Br)c1ccc2c(c1)CCCN2. The van der Waals surface area contributed by atoms with Gasteiger partial charge < -0.3 is 10.6 Å². The lowest BCUT2D eigenvalue weighted by molar-refractivity contribution is 0.102. The zero-order valence-electron chi connectivity index (χ0n) is 10.8. The third-order valence-corrected chi connectivity index (χ3v) is 3.94. The molecule has 0 spiro atoms. The maximum absolute atomic E-state index is 12.3. The third kappa shape index (κ3) is 2.67. The molecule has 2 heterocycles. The van der Waals surface area contributed by atoms with Crippen LogP contribution in [-0.4, -0.2) is 17.4 Å². The van der Waals surface area contributed by atoms with Crippen molar-refractivity contribution in [1.29, 1.82) is 0 Å². The maximum atomic E-state index is 12.3. The predicted octanol–water partition coefficient (Wildman–Crippen LogP) is 3.45. The first kappa shape index (κ1) is 13.1. The summed E-state index contributed by atoms with van der Waals surface area (Å²) in [6, 6.07) is 9.41. The Bertz CT molecular complexity index is 657. The number of aromatic nitrogens is 1. The number of pyridine rings is 1. The molecule has 0 saturated carbocycles. The van der Waals surface area contributed by atoms with Crippen LogP contribution in [0.1, 0.15) is 22.3 Å². The molecular formula is C15H14BrN3O. The average molecular weight is 332 g/mol. The molecule has 0 saturated heterocycles. The van der Waals surface area contributed by atoms with Gasteiger partial charge in [0.15, 0.2) is 0 Å². The molecule has 1 aliphatic heterocycles. The van der Waals surface area contributed by atoms with Crippen molar-refractivity contribution in [3.8, 4) is 0 Å². The number of nitrogens with one attached hydrogen (secondary N) is 2. The van der Waals surface area contributed by atoms with Crippen molar-refractivity contribution in [1.82, 2.24) is 4.98 Å². The van der Waals surface area contributed by atoms with E-state index in [1.165, 1.54) is 5.56 Å². The average Bonchev–Trinajstić information content (AvgIpc) is 2.49. The molecule has 0 aliphatic carbocycles. The predicted molar refractivity (Wildman–Crippen MR) is 83.1 cm³/mol. The molecule has 102 valence electrons. The smallest absolute Gasteiger partial charge is 0.256 e. The highest BCUT2D eigenvalue weighted by molar-refractivity contribution is 9.10. The monoisotopic (exact) mass is 331 g/mol. The number of fused-ring (bicyclic) bond motifs is 1. The molecule has 5 heteroatoms. The molecule has 1 aromatic carbocycles. The van der Waals surface area contributed by atoms with E-state index in [0.717, 1.165) is 29.5 Å². The van der Waals surface area contributed by atoms with Crippen LogP contribution in [-0.2, 0) is 6.42 Å². The number of carbonyl (C=O) groups is 1. The van der Waals surface area contributed by atoms with Gasteiger partial charge in [0.05, 0.1) is 4.47 Å². The van der Waals surface area contributed by atoms with E-state index >= 15 is 0 Å². The number of anilines is 2. The number of rotatable bonds is 2. The van der Waals surface area contributed by atoms with Crippen molar-refractivity contribution in [2.24, 2.45) is 0 Å². The van der Waals surface area contributed by atoms with Crippen LogP contribution < -0.4 is 10.6 Å². The normalized spacial score (nSPS) is 13.2. The van der Waals surface area contributed by atoms with Crippen LogP contribution in [0.5, 0.6) is 0 Å². The number of hydrogen-bond acceptors (Lipinski definition) is 3. The van der Waals surface area contributed by atoms with Gasteiger partial charge in [-0.25, -0.2) is 4.98 Å². The van der Waals surface area contributed by atoms with Gasteiger partial charge in [0.2, 0.25) is 0 Å². The fourth-order valence-electron chi connectivity index (χ4n) is 2.27. The topological polar surface area (TPSA) is 54.0 Å². The summed E-state index contributed by atoms with van der Waals surface area (Å²) in [5.74, 6) is 0.395. The van der Waals surface area contributed by atoms with Crippen LogP contribution in [0.25, 0.3) is 0 Å². The van der Waals surface area contributed by atoms with E-state index < -0.39 is 0 Å². The zero-order valence-corrected chi connectivity index (χ0v) is 12.4. The number of hydrogen-bond donors (Lipinski definition) is 2. The van der Waals surface area contributed by atoms with Crippen LogP contribution in [0.3, 0.4) is 0 Å². The Hall–Kier alpha value is -1.88. The largest absolute Gasteiger partial charge is 0.385 e. The molecule has 0 radical (unpaired) electrons. The molecule has 1 aliphatic rings. The maximum Gasteiger partial charge on any atom is 0.256 e. The first-order valence-corrected chi connectivity index (χ1v) is 7.32. The lowest BCUT2D eigenvalue weighted by Crippen LogP contribution is -2.16. The number of halogens is 1. The molecule has 1 amide bonds. The Morgan fingerprint density at radius 1 is 1.35 bits per heavy atom. The highest BCUT2D eigenvalue weighted by atomic mass is 79.9. The van der Waals surface area contributed by atoms with Crippen LogP contribution in [0.2, 0.25) is 0 Å². The van der Waals surface area contributed by atoms with Crippen molar-refractivity contribution in [3.63, 3.8) is 0 Å². The molecule has 3 rings (SSSR count). The summed E-state index contributed by atoms with van der Waals surface area (Å²) < 4.78 is 0.771. The van der Waals surface area contributed by atoms with Gasteiger partial charge in [-0.05, 0) is 64.7 Å². The molecule has 0 atom stereocenters. The van der Waals surface area contributed by atoms with E-state index in [1.54, 1.807) is 6.20 Å². The quantitative estimate of drug-likeness (QED) is 0.886. The van der Waals surface area contributed by atoms with E-state index in [2.05, 4.69) is 31.5 Å². The van der Waals surface area contributed by atoms with Gasteiger partial charge in [0.25, 0.3) is 5.91 Å².